The largest absolute Gasteiger partial charge is 0.504 e. The summed E-state index contributed by atoms with van der Waals surface area (Å²) in [5, 5.41) is 15.5. The Labute approximate surface area is 164 Å². The van der Waals surface area contributed by atoms with Gasteiger partial charge in [0.05, 0.1) is 31.0 Å². The number of hydrogen-bond donors (Lipinski definition) is 3. The standard InChI is InChI=1S/C20H26N4O4/c1-28-16-11-13(5-6-15(16)25)18-17-14(21-20(27)22-18)12-24(19(17)26)10-9-23-7-3-2-4-8-23/h5-6,11,18,25H,2-4,7-10,12H2,1H3,(H2,21,22,27). The van der Waals surface area contributed by atoms with E-state index in [1.54, 1.807) is 17.0 Å². The molecule has 1 fully saturated rings. The highest BCUT2D eigenvalue weighted by molar-refractivity contribution is 6.01. The number of phenols is 1. The van der Waals surface area contributed by atoms with E-state index >= 15 is 0 Å². The number of amides is 3. The zero-order valence-corrected chi connectivity index (χ0v) is 16.0. The van der Waals surface area contributed by atoms with Crippen LogP contribution in [0.15, 0.2) is 29.5 Å². The molecule has 150 valence electrons. The lowest BCUT2D eigenvalue weighted by atomic mass is 9.96. The fourth-order valence-electron chi connectivity index (χ4n) is 4.18. The van der Waals surface area contributed by atoms with Crippen LogP contribution in [0, 0.1) is 0 Å². The van der Waals surface area contributed by atoms with Gasteiger partial charge in [-0.25, -0.2) is 4.79 Å². The molecule has 3 amide bonds. The monoisotopic (exact) mass is 386 g/mol. The predicted molar refractivity (Wildman–Crippen MR) is 103 cm³/mol. The van der Waals surface area contributed by atoms with Gasteiger partial charge in [0.1, 0.15) is 0 Å². The van der Waals surface area contributed by atoms with Crippen molar-refractivity contribution in [2.45, 2.75) is 25.3 Å². The summed E-state index contributed by atoms with van der Waals surface area (Å²) in [7, 11) is 1.47. The summed E-state index contributed by atoms with van der Waals surface area (Å²) >= 11 is 0. The first-order valence-corrected chi connectivity index (χ1v) is 9.76. The summed E-state index contributed by atoms with van der Waals surface area (Å²) in [6, 6.07) is 3.96. The van der Waals surface area contributed by atoms with E-state index in [-0.39, 0.29) is 17.7 Å². The topological polar surface area (TPSA) is 94.1 Å². The number of nitrogens with zero attached hydrogens (tertiary/aromatic N) is 2. The third kappa shape index (κ3) is 3.52. The van der Waals surface area contributed by atoms with Crippen molar-refractivity contribution in [1.82, 2.24) is 20.4 Å². The van der Waals surface area contributed by atoms with Gasteiger partial charge in [-0.1, -0.05) is 12.5 Å². The van der Waals surface area contributed by atoms with Crippen molar-refractivity contribution in [1.29, 1.82) is 0 Å². The third-order valence-electron chi connectivity index (χ3n) is 5.69. The number of carbonyl (C=O) groups is 2. The minimum absolute atomic E-state index is 0.0154. The molecule has 8 nitrogen and oxygen atoms in total. The first kappa shape index (κ1) is 18.6. The summed E-state index contributed by atoms with van der Waals surface area (Å²) < 4.78 is 5.17. The van der Waals surface area contributed by atoms with E-state index in [1.807, 2.05) is 0 Å². The second kappa shape index (κ2) is 7.71. The van der Waals surface area contributed by atoms with Crippen molar-refractivity contribution in [2.24, 2.45) is 0 Å². The molecule has 28 heavy (non-hydrogen) atoms. The highest BCUT2D eigenvalue weighted by Gasteiger charge is 2.40. The molecular formula is C20H26N4O4. The lowest BCUT2D eigenvalue weighted by Gasteiger charge is -2.28. The van der Waals surface area contributed by atoms with Crippen molar-refractivity contribution in [3.05, 3.63) is 35.0 Å². The molecule has 1 atom stereocenters. The van der Waals surface area contributed by atoms with E-state index in [9.17, 15) is 14.7 Å². The van der Waals surface area contributed by atoms with Gasteiger partial charge in [0.25, 0.3) is 5.91 Å². The molecule has 0 saturated carbocycles. The Morgan fingerprint density at radius 3 is 2.71 bits per heavy atom. The van der Waals surface area contributed by atoms with E-state index in [0.717, 1.165) is 19.6 Å². The molecule has 4 rings (SSSR count). The molecule has 3 N–H and O–H groups in total. The van der Waals surface area contributed by atoms with Crippen LogP contribution in [-0.4, -0.2) is 66.7 Å². The number of piperidine rings is 1. The molecule has 1 saturated heterocycles. The van der Waals surface area contributed by atoms with Crippen LogP contribution in [-0.2, 0) is 4.79 Å². The van der Waals surface area contributed by atoms with E-state index in [2.05, 4.69) is 15.5 Å². The Morgan fingerprint density at radius 2 is 1.96 bits per heavy atom. The Kier molecular flexibility index (Phi) is 5.13. The molecule has 1 aromatic rings. The minimum Gasteiger partial charge on any atom is -0.504 e. The average Bonchev–Trinajstić information content (AvgIpc) is 3.02. The van der Waals surface area contributed by atoms with Gasteiger partial charge < -0.3 is 30.3 Å². The summed E-state index contributed by atoms with van der Waals surface area (Å²) in [6.45, 7) is 4.09. The summed E-state index contributed by atoms with van der Waals surface area (Å²) in [5.41, 5.74) is 1.92. The molecule has 3 aliphatic rings. The molecule has 3 aliphatic heterocycles. The van der Waals surface area contributed by atoms with Crippen molar-refractivity contribution in [2.75, 3.05) is 39.8 Å². The smallest absolute Gasteiger partial charge is 0.319 e. The van der Waals surface area contributed by atoms with E-state index in [1.165, 1.54) is 32.4 Å². The quantitative estimate of drug-likeness (QED) is 0.710. The van der Waals surface area contributed by atoms with Gasteiger partial charge >= 0.3 is 6.03 Å². The predicted octanol–water partition coefficient (Wildman–Crippen LogP) is 1.34. The zero-order valence-electron chi connectivity index (χ0n) is 16.0. The number of rotatable bonds is 5. The Balaban J connectivity index is 1.52. The van der Waals surface area contributed by atoms with Gasteiger partial charge in [-0.3, -0.25) is 4.79 Å². The fraction of sp³-hybridized carbons (Fsp3) is 0.500. The number of urea groups is 1. The molecule has 3 heterocycles. The molecule has 0 aliphatic carbocycles. The Hall–Kier alpha value is -2.74. The normalized spacial score (nSPS) is 22.8. The maximum atomic E-state index is 13.1. The number of likely N-dealkylation sites (tertiary alicyclic amines) is 1. The van der Waals surface area contributed by atoms with Crippen molar-refractivity contribution in [3.63, 3.8) is 0 Å². The van der Waals surface area contributed by atoms with Crippen LogP contribution in [0.4, 0.5) is 4.79 Å². The fourth-order valence-corrected chi connectivity index (χ4v) is 4.18. The van der Waals surface area contributed by atoms with Gasteiger partial charge in [-0.05, 0) is 43.6 Å². The average molecular weight is 386 g/mol. The van der Waals surface area contributed by atoms with Gasteiger partial charge in [-0.2, -0.15) is 0 Å². The number of aromatic hydroxyl groups is 1. The van der Waals surface area contributed by atoms with Crippen LogP contribution in [0.5, 0.6) is 11.5 Å². The van der Waals surface area contributed by atoms with Gasteiger partial charge in [-0.15, -0.1) is 0 Å². The number of benzene rings is 1. The van der Waals surface area contributed by atoms with Crippen molar-refractivity contribution < 1.29 is 19.4 Å². The third-order valence-corrected chi connectivity index (χ3v) is 5.69. The van der Waals surface area contributed by atoms with E-state index in [0.29, 0.717) is 35.7 Å². The second-order valence-electron chi connectivity index (χ2n) is 7.48. The van der Waals surface area contributed by atoms with Gasteiger partial charge in [0.2, 0.25) is 0 Å². The molecule has 0 bridgehead atoms. The molecule has 1 aromatic carbocycles. The first-order valence-electron chi connectivity index (χ1n) is 9.76. The highest BCUT2D eigenvalue weighted by atomic mass is 16.5. The number of ether oxygens (including phenoxy) is 1. The molecule has 8 heteroatoms. The summed E-state index contributed by atoms with van der Waals surface area (Å²) in [6.07, 6.45) is 3.71. The maximum absolute atomic E-state index is 13.1. The lowest BCUT2D eigenvalue weighted by molar-refractivity contribution is -0.126. The van der Waals surface area contributed by atoms with Gasteiger partial charge in [0, 0.05) is 13.1 Å². The van der Waals surface area contributed by atoms with Crippen LogP contribution in [0.25, 0.3) is 0 Å². The SMILES string of the molecule is COc1cc(C2NC(=O)NC3=C2C(=O)N(CCN2CCCCC2)C3)ccc1O. The number of hydrogen-bond acceptors (Lipinski definition) is 5. The van der Waals surface area contributed by atoms with Gasteiger partial charge in [0.15, 0.2) is 11.5 Å². The number of methoxy groups -OCH3 is 1. The Morgan fingerprint density at radius 1 is 1.18 bits per heavy atom. The number of phenolic OH excluding ortho intramolecular Hbond substituents is 1. The highest BCUT2D eigenvalue weighted by Crippen LogP contribution is 2.36. The molecule has 1 unspecified atom stereocenters. The number of nitrogens with one attached hydrogen (secondary N) is 2. The van der Waals surface area contributed by atoms with Crippen LogP contribution in [0.1, 0.15) is 30.9 Å². The lowest BCUT2D eigenvalue weighted by Crippen LogP contribution is -2.44. The molecule has 0 aromatic heterocycles. The molecule has 0 spiro atoms. The van der Waals surface area contributed by atoms with E-state index < -0.39 is 6.04 Å². The van der Waals surface area contributed by atoms with Crippen molar-refractivity contribution >= 4 is 11.9 Å². The summed E-state index contributed by atoms with van der Waals surface area (Å²) in [5.74, 6) is 0.262. The Bertz CT molecular complexity index is 816. The molecule has 0 radical (unpaired) electrons. The zero-order chi connectivity index (χ0) is 19.7. The second-order valence-corrected chi connectivity index (χ2v) is 7.48. The number of carbonyl (C=O) groups excluding carboxylic acids is 2. The first-order chi connectivity index (χ1) is 13.6. The van der Waals surface area contributed by atoms with Crippen LogP contribution in [0.3, 0.4) is 0 Å². The molecular weight excluding hydrogens is 360 g/mol. The summed E-state index contributed by atoms with van der Waals surface area (Å²) in [4.78, 5) is 29.5. The van der Waals surface area contributed by atoms with E-state index in [4.69, 9.17) is 4.74 Å². The maximum Gasteiger partial charge on any atom is 0.319 e. The minimum atomic E-state index is -0.564. The van der Waals surface area contributed by atoms with Crippen LogP contribution >= 0.6 is 0 Å². The van der Waals surface area contributed by atoms with Crippen molar-refractivity contribution in [3.8, 4) is 11.5 Å². The van der Waals surface area contributed by atoms with Crippen LogP contribution < -0.4 is 15.4 Å². The van der Waals surface area contributed by atoms with Crippen LogP contribution in [0.2, 0.25) is 0 Å².